The molecule has 1 aliphatic rings. The molecule has 27 heavy (non-hydrogen) atoms. The number of carbonyl (C=O) groups is 1. The summed E-state index contributed by atoms with van der Waals surface area (Å²) in [6.07, 6.45) is 0. The Bertz CT molecular complexity index is 899. The van der Waals surface area contributed by atoms with E-state index >= 15 is 0 Å². The van der Waals surface area contributed by atoms with Crippen LogP contribution in [-0.2, 0) is 14.8 Å². The minimum Gasteiger partial charge on any atom is -0.360 e. The fourth-order valence-corrected chi connectivity index (χ4v) is 4.75. The number of carbonyl (C=O) groups excluding carboxylic acids is 1. The van der Waals surface area contributed by atoms with Gasteiger partial charge in [0, 0.05) is 31.9 Å². The first-order valence-electron chi connectivity index (χ1n) is 8.48. The largest absolute Gasteiger partial charge is 0.360 e. The molecule has 0 radical (unpaired) electrons. The number of rotatable bonds is 5. The summed E-state index contributed by atoms with van der Waals surface area (Å²) in [4.78, 5) is 14.1. The quantitative estimate of drug-likeness (QED) is 0.820. The molecule has 1 aromatic carbocycles. The molecule has 3 rings (SSSR count). The van der Waals surface area contributed by atoms with Crippen molar-refractivity contribution in [3.05, 3.63) is 41.5 Å². The number of benzene rings is 1. The van der Waals surface area contributed by atoms with Crippen molar-refractivity contribution in [3.63, 3.8) is 0 Å². The van der Waals surface area contributed by atoms with Crippen LogP contribution in [0.5, 0.6) is 0 Å². The highest BCUT2D eigenvalue weighted by molar-refractivity contribution is 7.89. The van der Waals surface area contributed by atoms with Crippen molar-refractivity contribution in [3.8, 4) is 0 Å². The van der Waals surface area contributed by atoms with E-state index in [1.807, 2.05) is 4.90 Å². The summed E-state index contributed by atoms with van der Waals surface area (Å²) in [5, 5.41) is 6.40. The molecule has 0 unspecified atom stereocenters. The fourth-order valence-electron chi connectivity index (χ4n) is 3.04. The van der Waals surface area contributed by atoms with Gasteiger partial charge in [-0.15, -0.1) is 0 Å². The average Bonchev–Trinajstić information content (AvgIpc) is 2.96. The molecule has 0 spiro atoms. The van der Waals surface area contributed by atoms with Crippen LogP contribution in [0.1, 0.15) is 11.5 Å². The molecule has 0 atom stereocenters. The van der Waals surface area contributed by atoms with Crippen molar-refractivity contribution in [1.82, 2.24) is 14.4 Å². The van der Waals surface area contributed by atoms with E-state index in [9.17, 15) is 17.6 Å². The van der Waals surface area contributed by atoms with Crippen molar-refractivity contribution in [1.29, 1.82) is 0 Å². The molecule has 0 bridgehead atoms. The number of aromatic nitrogens is 1. The van der Waals surface area contributed by atoms with Gasteiger partial charge < -0.3 is 9.84 Å². The van der Waals surface area contributed by atoms with E-state index in [1.54, 1.807) is 13.8 Å². The monoisotopic (exact) mass is 396 g/mol. The van der Waals surface area contributed by atoms with Gasteiger partial charge in [-0.3, -0.25) is 9.69 Å². The minimum atomic E-state index is -3.67. The zero-order valence-corrected chi connectivity index (χ0v) is 15.9. The Morgan fingerprint density at radius 1 is 1.19 bits per heavy atom. The number of sulfonamides is 1. The molecular weight excluding hydrogens is 375 g/mol. The predicted octanol–water partition coefficient (Wildman–Crippen LogP) is 1.38. The van der Waals surface area contributed by atoms with E-state index in [-0.39, 0.29) is 42.0 Å². The Hall–Kier alpha value is -2.30. The van der Waals surface area contributed by atoms with Crippen LogP contribution in [0.3, 0.4) is 0 Å². The molecule has 2 aromatic rings. The molecule has 0 saturated carbocycles. The molecular formula is C17H21FN4O4S. The number of aryl methyl sites for hydroxylation is 2. The Labute approximate surface area is 157 Å². The lowest BCUT2D eigenvalue weighted by molar-refractivity contribution is -0.117. The Kier molecular flexibility index (Phi) is 5.59. The summed E-state index contributed by atoms with van der Waals surface area (Å²) in [5.74, 6) is -0.333. The number of halogens is 1. The second kappa shape index (κ2) is 7.75. The van der Waals surface area contributed by atoms with Gasteiger partial charge in [-0.1, -0.05) is 5.16 Å². The first kappa shape index (κ1) is 19.5. The molecule has 1 saturated heterocycles. The van der Waals surface area contributed by atoms with Crippen molar-refractivity contribution >= 4 is 21.6 Å². The fraction of sp³-hybridized carbons (Fsp3) is 0.412. The number of nitrogens with one attached hydrogen (secondary N) is 1. The number of hydrogen-bond acceptors (Lipinski definition) is 6. The van der Waals surface area contributed by atoms with E-state index in [4.69, 9.17) is 4.52 Å². The molecule has 10 heteroatoms. The average molecular weight is 396 g/mol. The number of anilines is 1. The molecule has 146 valence electrons. The number of amides is 1. The van der Waals surface area contributed by atoms with Gasteiger partial charge in [0.25, 0.3) is 0 Å². The normalized spacial score (nSPS) is 16.4. The summed E-state index contributed by atoms with van der Waals surface area (Å²) < 4.78 is 44.8. The highest BCUT2D eigenvalue weighted by atomic mass is 32.2. The lowest BCUT2D eigenvalue weighted by Gasteiger charge is -2.33. The number of nitrogens with zero attached hydrogens (tertiary/aromatic N) is 3. The minimum absolute atomic E-state index is 0.116. The molecule has 0 aliphatic carbocycles. The highest BCUT2D eigenvalue weighted by Gasteiger charge is 2.33. The number of hydrogen-bond donors (Lipinski definition) is 1. The van der Waals surface area contributed by atoms with Crippen LogP contribution in [0.2, 0.25) is 0 Å². The molecule has 1 amide bonds. The second-order valence-corrected chi connectivity index (χ2v) is 8.26. The maximum atomic E-state index is 12.9. The summed E-state index contributed by atoms with van der Waals surface area (Å²) in [7, 11) is -3.67. The lowest BCUT2D eigenvalue weighted by atomic mass is 10.3. The van der Waals surface area contributed by atoms with Gasteiger partial charge in [-0.25, -0.2) is 12.8 Å². The topological polar surface area (TPSA) is 95.8 Å². The zero-order chi connectivity index (χ0) is 19.6. The van der Waals surface area contributed by atoms with Crippen LogP contribution < -0.4 is 5.32 Å². The Balaban J connectivity index is 1.56. The summed E-state index contributed by atoms with van der Waals surface area (Å²) in [5.41, 5.74) is 0.856. The standard InChI is InChI=1S/C17H21FN4O4S/c1-12-17(13(2)26-20-12)27(24,25)22-9-7-21(8-10-22)11-16(23)19-15-5-3-14(18)4-6-15/h3-6H,7-11H2,1-2H3,(H,19,23). The molecule has 1 fully saturated rings. The van der Waals surface area contributed by atoms with Crippen molar-refractivity contribution in [2.45, 2.75) is 18.7 Å². The second-order valence-electron chi connectivity index (χ2n) is 6.39. The van der Waals surface area contributed by atoms with Crippen LogP contribution in [0, 0.1) is 19.7 Å². The maximum absolute atomic E-state index is 12.9. The van der Waals surface area contributed by atoms with Gasteiger partial charge in [0.05, 0.1) is 6.54 Å². The third-order valence-corrected chi connectivity index (χ3v) is 6.54. The van der Waals surface area contributed by atoms with Crippen LogP contribution >= 0.6 is 0 Å². The van der Waals surface area contributed by atoms with E-state index < -0.39 is 10.0 Å². The van der Waals surface area contributed by atoms with Gasteiger partial charge in [0.15, 0.2) is 5.76 Å². The van der Waals surface area contributed by atoms with Gasteiger partial charge in [0.1, 0.15) is 16.4 Å². The van der Waals surface area contributed by atoms with E-state index in [0.29, 0.717) is 24.5 Å². The smallest absolute Gasteiger partial charge is 0.248 e. The van der Waals surface area contributed by atoms with E-state index in [0.717, 1.165) is 0 Å². The number of piperazine rings is 1. The SMILES string of the molecule is Cc1noc(C)c1S(=O)(=O)N1CCN(CC(=O)Nc2ccc(F)cc2)CC1. The maximum Gasteiger partial charge on any atom is 0.248 e. The highest BCUT2D eigenvalue weighted by Crippen LogP contribution is 2.24. The van der Waals surface area contributed by atoms with E-state index in [1.165, 1.54) is 28.6 Å². The Morgan fingerprint density at radius 2 is 1.81 bits per heavy atom. The van der Waals surface area contributed by atoms with Crippen molar-refractivity contribution in [2.24, 2.45) is 0 Å². The van der Waals surface area contributed by atoms with E-state index in [2.05, 4.69) is 10.5 Å². The first-order chi connectivity index (χ1) is 12.8. The van der Waals surface area contributed by atoms with Crippen LogP contribution in [-0.4, -0.2) is 61.4 Å². The zero-order valence-electron chi connectivity index (χ0n) is 15.1. The Morgan fingerprint density at radius 3 is 2.37 bits per heavy atom. The molecule has 2 heterocycles. The molecule has 1 aromatic heterocycles. The summed E-state index contributed by atoms with van der Waals surface area (Å²) >= 11 is 0. The van der Waals surface area contributed by atoms with Gasteiger partial charge >= 0.3 is 0 Å². The van der Waals surface area contributed by atoms with Gasteiger partial charge in [0.2, 0.25) is 15.9 Å². The third kappa shape index (κ3) is 4.34. The lowest BCUT2D eigenvalue weighted by Crippen LogP contribution is -2.50. The van der Waals surface area contributed by atoms with Crippen LogP contribution in [0.15, 0.2) is 33.7 Å². The van der Waals surface area contributed by atoms with Crippen LogP contribution in [0.25, 0.3) is 0 Å². The van der Waals surface area contributed by atoms with Gasteiger partial charge in [-0.2, -0.15) is 4.31 Å². The van der Waals surface area contributed by atoms with Crippen molar-refractivity contribution < 1.29 is 22.1 Å². The van der Waals surface area contributed by atoms with Crippen molar-refractivity contribution in [2.75, 3.05) is 38.0 Å². The molecule has 1 aliphatic heterocycles. The van der Waals surface area contributed by atoms with Crippen LogP contribution in [0.4, 0.5) is 10.1 Å². The first-order valence-corrected chi connectivity index (χ1v) is 9.92. The summed E-state index contributed by atoms with van der Waals surface area (Å²) in [6, 6.07) is 5.52. The third-order valence-electron chi connectivity index (χ3n) is 4.39. The summed E-state index contributed by atoms with van der Waals surface area (Å²) in [6.45, 7) is 4.71. The predicted molar refractivity (Wildman–Crippen MR) is 96.2 cm³/mol. The molecule has 8 nitrogen and oxygen atoms in total. The molecule has 1 N–H and O–H groups in total. The van der Waals surface area contributed by atoms with Gasteiger partial charge in [-0.05, 0) is 38.1 Å².